The van der Waals surface area contributed by atoms with E-state index in [0.717, 1.165) is 38.2 Å². The fourth-order valence-electron chi connectivity index (χ4n) is 4.21. The molecule has 37 heavy (non-hydrogen) atoms. The number of aromatic amines is 2. The summed E-state index contributed by atoms with van der Waals surface area (Å²) in [5.74, 6) is 0.526. The molecule has 6 heterocycles. The van der Waals surface area contributed by atoms with Gasteiger partial charge in [0.15, 0.2) is 17.1 Å². The first-order chi connectivity index (χ1) is 17.9. The molecule has 0 atom stereocenters. The predicted octanol–water partition coefficient (Wildman–Crippen LogP) is 4.50. The van der Waals surface area contributed by atoms with Crippen molar-refractivity contribution in [1.29, 1.82) is 0 Å². The van der Waals surface area contributed by atoms with Gasteiger partial charge >= 0.3 is 0 Å². The van der Waals surface area contributed by atoms with Crippen molar-refractivity contribution in [3.8, 4) is 33.1 Å². The Morgan fingerprint density at radius 1 is 1.05 bits per heavy atom. The molecule has 0 spiro atoms. The van der Waals surface area contributed by atoms with Crippen molar-refractivity contribution in [1.82, 2.24) is 40.0 Å². The Balaban J connectivity index is 1.38. The highest BCUT2D eigenvalue weighted by Gasteiger charge is 2.17. The van der Waals surface area contributed by atoms with Crippen molar-refractivity contribution < 1.29 is 4.79 Å². The number of thiophene rings is 1. The topological polar surface area (TPSA) is 128 Å². The van der Waals surface area contributed by atoms with Crippen LogP contribution >= 0.6 is 11.3 Å². The largest absolute Gasteiger partial charge is 0.335 e. The van der Waals surface area contributed by atoms with Crippen LogP contribution in [0.25, 0.3) is 55.3 Å². The smallest absolute Gasteiger partial charge is 0.238 e. The van der Waals surface area contributed by atoms with Crippen LogP contribution in [0.1, 0.15) is 4.88 Å². The van der Waals surface area contributed by atoms with E-state index >= 15 is 0 Å². The number of likely N-dealkylation sites (N-methyl/N-ethyl adjacent to an activating group) is 1. The van der Waals surface area contributed by atoms with Crippen LogP contribution in [0.3, 0.4) is 0 Å². The van der Waals surface area contributed by atoms with Crippen LogP contribution in [0.5, 0.6) is 0 Å². The summed E-state index contributed by atoms with van der Waals surface area (Å²) >= 11 is 1.73. The van der Waals surface area contributed by atoms with Gasteiger partial charge in [-0.1, -0.05) is 0 Å². The first-order valence-electron chi connectivity index (χ1n) is 11.6. The number of hydrogen-bond acceptors (Lipinski definition) is 8. The summed E-state index contributed by atoms with van der Waals surface area (Å²) in [6, 6.07) is 10.1. The number of nitrogens with one attached hydrogen (secondary N) is 3. The summed E-state index contributed by atoms with van der Waals surface area (Å²) in [6.07, 6.45) is 6.89. The zero-order chi connectivity index (χ0) is 25.5. The van der Waals surface area contributed by atoms with Gasteiger partial charge in [-0.05, 0) is 51.4 Å². The Bertz CT molecular complexity index is 1760. The molecule has 6 rings (SSSR count). The molecule has 11 heteroatoms. The van der Waals surface area contributed by atoms with Crippen LogP contribution in [0, 0.1) is 6.92 Å². The Labute approximate surface area is 215 Å². The normalized spacial score (nSPS) is 11.6. The predicted molar refractivity (Wildman–Crippen MR) is 145 cm³/mol. The van der Waals surface area contributed by atoms with Crippen LogP contribution < -0.4 is 5.32 Å². The van der Waals surface area contributed by atoms with E-state index in [4.69, 9.17) is 4.98 Å². The van der Waals surface area contributed by atoms with Gasteiger partial charge in [-0.3, -0.25) is 14.9 Å². The fraction of sp³-hybridized carbons (Fsp3) is 0.154. The maximum atomic E-state index is 12.2. The molecule has 0 aliphatic carbocycles. The lowest BCUT2D eigenvalue weighted by Crippen LogP contribution is -2.27. The quantitative estimate of drug-likeness (QED) is 0.302. The third-order valence-electron chi connectivity index (χ3n) is 5.86. The Kier molecular flexibility index (Phi) is 5.70. The number of aromatic nitrogens is 7. The second-order valence-corrected chi connectivity index (χ2v) is 10.3. The highest BCUT2D eigenvalue weighted by atomic mass is 32.1. The fourth-order valence-corrected chi connectivity index (χ4v) is 5.11. The number of imidazole rings is 1. The van der Waals surface area contributed by atoms with Crippen molar-refractivity contribution in [2.45, 2.75) is 6.92 Å². The van der Waals surface area contributed by atoms with E-state index in [0.29, 0.717) is 22.8 Å². The van der Waals surface area contributed by atoms with Crippen LogP contribution in [0.2, 0.25) is 0 Å². The lowest BCUT2D eigenvalue weighted by atomic mass is 10.1. The minimum absolute atomic E-state index is 0.106. The average molecular weight is 510 g/mol. The van der Waals surface area contributed by atoms with E-state index in [1.54, 1.807) is 36.1 Å². The number of nitrogens with zero attached hydrogens (tertiary/aromatic N) is 6. The first kappa shape index (κ1) is 23.0. The number of rotatable bonds is 6. The van der Waals surface area contributed by atoms with Crippen molar-refractivity contribution in [2.75, 3.05) is 26.0 Å². The van der Waals surface area contributed by atoms with Crippen molar-refractivity contribution in [2.24, 2.45) is 0 Å². The number of fused-ring (bicyclic) bond motifs is 2. The molecular formula is C26H23N9OS. The molecule has 0 bridgehead atoms. The van der Waals surface area contributed by atoms with Gasteiger partial charge in [0.2, 0.25) is 5.91 Å². The van der Waals surface area contributed by atoms with E-state index in [-0.39, 0.29) is 12.5 Å². The third kappa shape index (κ3) is 4.46. The number of carbonyl (C=O) groups is 1. The van der Waals surface area contributed by atoms with Gasteiger partial charge in [0.05, 0.1) is 29.3 Å². The zero-order valence-electron chi connectivity index (χ0n) is 20.4. The van der Waals surface area contributed by atoms with Crippen molar-refractivity contribution in [3.63, 3.8) is 0 Å². The van der Waals surface area contributed by atoms with Crippen molar-refractivity contribution in [3.05, 3.63) is 60.0 Å². The molecule has 0 saturated carbocycles. The summed E-state index contributed by atoms with van der Waals surface area (Å²) < 4.78 is 0. The molecule has 0 fully saturated rings. The van der Waals surface area contributed by atoms with Gasteiger partial charge in [0.1, 0.15) is 5.69 Å². The van der Waals surface area contributed by atoms with E-state index in [9.17, 15) is 4.79 Å². The molecule has 0 aromatic carbocycles. The molecule has 0 aliphatic rings. The van der Waals surface area contributed by atoms with Gasteiger partial charge in [0.25, 0.3) is 0 Å². The monoisotopic (exact) mass is 509 g/mol. The van der Waals surface area contributed by atoms with Crippen molar-refractivity contribution >= 4 is 45.1 Å². The van der Waals surface area contributed by atoms with E-state index in [1.165, 1.54) is 4.88 Å². The number of amides is 1. The number of anilines is 1. The third-order valence-corrected chi connectivity index (χ3v) is 6.89. The van der Waals surface area contributed by atoms with Crippen LogP contribution in [0.15, 0.2) is 55.1 Å². The SMILES string of the molecule is Cc1ccc(-c2ccnc3nc(-c4[nH]nc5ncc(-c6cncc(NC(=O)CN(C)C)c6)cc45)[nH]c23)s1. The summed E-state index contributed by atoms with van der Waals surface area (Å²) in [5, 5.41) is 11.2. The number of hydrogen-bond donors (Lipinski definition) is 3. The van der Waals surface area contributed by atoms with Crippen LogP contribution in [0.4, 0.5) is 5.69 Å². The minimum Gasteiger partial charge on any atom is -0.335 e. The number of carbonyl (C=O) groups excluding carboxylic acids is 1. The molecule has 0 unspecified atom stereocenters. The van der Waals surface area contributed by atoms with Gasteiger partial charge in [-0.15, -0.1) is 11.3 Å². The molecule has 10 nitrogen and oxygen atoms in total. The summed E-state index contributed by atoms with van der Waals surface area (Å²) in [5.41, 5.74) is 6.15. The molecule has 3 N–H and O–H groups in total. The van der Waals surface area contributed by atoms with Gasteiger partial charge in [-0.2, -0.15) is 5.10 Å². The van der Waals surface area contributed by atoms with Gasteiger partial charge in [-0.25, -0.2) is 15.0 Å². The zero-order valence-corrected chi connectivity index (χ0v) is 21.2. The molecule has 0 saturated heterocycles. The molecule has 6 aromatic rings. The molecular weight excluding hydrogens is 486 g/mol. The summed E-state index contributed by atoms with van der Waals surface area (Å²) in [4.78, 5) is 37.9. The molecule has 6 aromatic heterocycles. The number of H-pyrrole nitrogens is 2. The second kappa shape index (κ2) is 9.19. The lowest BCUT2D eigenvalue weighted by molar-refractivity contribution is -0.116. The standard InChI is InChI=1S/C26H23N9OS/c1-14-4-5-20(37-14)18-6-7-28-25-22(18)31-26(32-25)23-19-9-16(11-29-24(19)34-33-23)15-8-17(12-27-10-15)30-21(36)13-35(2)3/h4-12H,13H2,1-3H3,(H,30,36)(H,28,31,32)(H,29,33,34). The first-order valence-corrected chi connectivity index (χ1v) is 12.4. The minimum atomic E-state index is -0.106. The van der Waals surface area contributed by atoms with E-state index < -0.39 is 0 Å². The number of aryl methyl sites for hydroxylation is 1. The van der Waals surface area contributed by atoms with Gasteiger partial charge in [0, 0.05) is 45.0 Å². The Hall–Kier alpha value is -4.48. The number of pyridine rings is 3. The molecule has 184 valence electrons. The highest BCUT2D eigenvalue weighted by molar-refractivity contribution is 7.15. The van der Waals surface area contributed by atoms with Crippen LogP contribution in [-0.2, 0) is 4.79 Å². The summed E-state index contributed by atoms with van der Waals surface area (Å²) in [7, 11) is 3.69. The second-order valence-electron chi connectivity index (χ2n) is 8.99. The maximum Gasteiger partial charge on any atom is 0.238 e. The molecule has 0 radical (unpaired) electrons. The van der Waals surface area contributed by atoms with E-state index in [2.05, 4.69) is 54.5 Å². The van der Waals surface area contributed by atoms with Crippen LogP contribution in [-0.4, -0.2) is 66.6 Å². The molecule has 1 amide bonds. The Morgan fingerprint density at radius 3 is 2.73 bits per heavy atom. The lowest BCUT2D eigenvalue weighted by Gasteiger charge is -2.10. The van der Waals surface area contributed by atoms with Gasteiger partial charge < -0.3 is 15.2 Å². The van der Waals surface area contributed by atoms with E-state index in [1.807, 2.05) is 37.2 Å². The maximum absolute atomic E-state index is 12.2. The highest BCUT2D eigenvalue weighted by Crippen LogP contribution is 2.34. The summed E-state index contributed by atoms with van der Waals surface area (Å²) in [6.45, 7) is 2.38. The molecule has 0 aliphatic heterocycles. The average Bonchev–Trinajstić information content (AvgIpc) is 3.60. The Morgan fingerprint density at radius 2 is 1.92 bits per heavy atom.